The summed E-state index contributed by atoms with van der Waals surface area (Å²) in [4.78, 5) is 0. The lowest BCUT2D eigenvalue weighted by Gasteiger charge is -2.26. The van der Waals surface area contributed by atoms with E-state index in [1.54, 1.807) is 6.07 Å². The quantitative estimate of drug-likeness (QED) is 0.701. The standard InChI is InChI=1S/C19H14ClFO/c1-11-18(12-2-3-12)19(13-4-7-15(21)8-5-13)16-9-6-14(20)10-17(16)22-11/h4-10,12H,1-3H2. The van der Waals surface area contributed by atoms with Gasteiger partial charge in [0.2, 0.25) is 0 Å². The van der Waals surface area contributed by atoms with Gasteiger partial charge >= 0.3 is 0 Å². The topological polar surface area (TPSA) is 9.23 Å². The third kappa shape index (κ3) is 2.24. The van der Waals surface area contributed by atoms with Crippen molar-refractivity contribution in [2.24, 2.45) is 5.92 Å². The molecule has 0 radical (unpaired) electrons. The van der Waals surface area contributed by atoms with E-state index in [0.29, 0.717) is 22.4 Å². The molecule has 110 valence electrons. The second kappa shape index (κ2) is 4.99. The average molecular weight is 313 g/mol. The molecule has 0 atom stereocenters. The van der Waals surface area contributed by atoms with E-state index in [9.17, 15) is 4.39 Å². The fraction of sp³-hybridized carbons (Fsp3) is 0.158. The van der Waals surface area contributed by atoms with Crippen LogP contribution < -0.4 is 4.74 Å². The zero-order valence-corrected chi connectivity index (χ0v) is 12.7. The van der Waals surface area contributed by atoms with Crippen molar-refractivity contribution < 1.29 is 9.13 Å². The van der Waals surface area contributed by atoms with Crippen molar-refractivity contribution in [1.29, 1.82) is 0 Å². The summed E-state index contributed by atoms with van der Waals surface area (Å²) >= 11 is 6.07. The molecular formula is C19H14ClFO. The smallest absolute Gasteiger partial charge is 0.136 e. The van der Waals surface area contributed by atoms with Crippen LogP contribution >= 0.6 is 11.6 Å². The molecular weight excluding hydrogens is 299 g/mol. The third-order valence-corrected chi connectivity index (χ3v) is 4.37. The number of benzene rings is 2. The molecule has 2 aromatic carbocycles. The Balaban J connectivity index is 1.97. The molecule has 2 aliphatic rings. The average Bonchev–Trinajstić information content (AvgIpc) is 3.31. The lowest BCUT2D eigenvalue weighted by atomic mass is 9.88. The van der Waals surface area contributed by atoms with Gasteiger partial charge in [-0.3, -0.25) is 0 Å². The summed E-state index contributed by atoms with van der Waals surface area (Å²) in [5.41, 5.74) is 4.20. The van der Waals surface area contributed by atoms with Gasteiger partial charge in [-0.2, -0.15) is 0 Å². The molecule has 22 heavy (non-hydrogen) atoms. The minimum absolute atomic E-state index is 0.237. The van der Waals surface area contributed by atoms with E-state index in [4.69, 9.17) is 16.3 Å². The van der Waals surface area contributed by atoms with Crippen LogP contribution in [0.4, 0.5) is 4.39 Å². The molecule has 0 unspecified atom stereocenters. The minimum atomic E-state index is -0.237. The Kier molecular flexibility index (Phi) is 3.08. The number of hydrogen-bond donors (Lipinski definition) is 0. The van der Waals surface area contributed by atoms with Crippen LogP contribution in [0.2, 0.25) is 5.02 Å². The maximum Gasteiger partial charge on any atom is 0.136 e. The van der Waals surface area contributed by atoms with Crippen LogP contribution in [0.25, 0.3) is 5.57 Å². The SMILES string of the molecule is C=C1Oc2cc(Cl)ccc2C(c2ccc(F)cc2)=C1C1CC1. The Hall–Kier alpha value is -2.06. The summed E-state index contributed by atoms with van der Waals surface area (Å²) in [7, 11) is 0. The molecule has 3 heteroatoms. The van der Waals surface area contributed by atoms with Gasteiger partial charge in [0.25, 0.3) is 0 Å². The van der Waals surface area contributed by atoms with Gasteiger partial charge in [-0.25, -0.2) is 4.39 Å². The highest BCUT2D eigenvalue weighted by molar-refractivity contribution is 6.30. The zero-order valence-electron chi connectivity index (χ0n) is 11.9. The maximum atomic E-state index is 13.3. The van der Waals surface area contributed by atoms with Gasteiger partial charge in [0.05, 0.1) is 0 Å². The molecule has 0 spiro atoms. The summed E-state index contributed by atoms with van der Waals surface area (Å²) in [6.07, 6.45) is 2.29. The largest absolute Gasteiger partial charge is 0.457 e. The van der Waals surface area contributed by atoms with E-state index in [1.165, 1.54) is 12.1 Å². The minimum Gasteiger partial charge on any atom is -0.457 e. The van der Waals surface area contributed by atoms with E-state index >= 15 is 0 Å². The van der Waals surface area contributed by atoms with Gasteiger partial charge in [0.1, 0.15) is 17.3 Å². The number of halogens is 2. The fourth-order valence-corrected chi connectivity index (χ4v) is 3.15. The predicted octanol–water partition coefficient (Wildman–Crippen LogP) is 5.60. The Morgan fingerprint density at radius 2 is 1.82 bits per heavy atom. The summed E-state index contributed by atoms with van der Waals surface area (Å²) < 4.78 is 19.2. The Labute approximate surface area is 133 Å². The Morgan fingerprint density at radius 3 is 2.50 bits per heavy atom. The first-order chi connectivity index (χ1) is 10.6. The van der Waals surface area contributed by atoms with Crippen molar-refractivity contribution >= 4 is 17.2 Å². The highest BCUT2D eigenvalue weighted by atomic mass is 35.5. The first kappa shape index (κ1) is 13.6. The zero-order chi connectivity index (χ0) is 15.3. The Morgan fingerprint density at radius 1 is 1.09 bits per heavy atom. The monoisotopic (exact) mass is 312 g/mol. The number of ether oxygens (including phenoxy) is 1. The highest BCUT2D eigenvalue weighted by Gasteiger charge is 2.35. The van der Waals surface area contributed by atoms with E-state index in [2.05, 4.69) is 6.58 Å². The first-order valence-corrected chi connectivity index (χ1v) is 7.68. The van der Waals surface area contributed by atoms with Crippen LogP contribution in [0.5, 0.6) is 5.75 Å². The normalized spacial score (nSPS) is 17.3. The molecule has 0 N–H and O–H groups in total. The van der Waals surface area contributed by atoms with Gasteiger partial charge < -0.3 is 4.74 Å². The van der Waals surface area contributed by atoms with Crippen molar-refractivity contribution in [1.82, 2.24) is 0 Å². The highest BCUT2D eigenvalue weighted by Crippen LogP contribution is 2.50. The summed E-state index contributed by atoms with van der Waals surface area (Å²) in [5.74, 6) is 1.63. The molecule has 1 aliphatic heterocycles. The van der Waals surface area contributed by atoms with Crippen molar-refractivity contribution in [2.75, 3.05) is 0 Å². The van der Waals surface area contributed by atoms with Crippen LogP contribution in [-0.2, 0) is 0 Å². The van der Waals surface area contributed by atoms with Crippen molar-refractivity contribution in [2.45, 2.75) is 12.8 Å². The predicted molar refractivity (Wildman–Crippen MR) is 86.4 cm³/mol. The summed E-state index contributed by atoms with van der Waals surface area (Å²) in [6.45, 7) is 4.08. The lowest BCUT2D eigenvalue weighted by Crippen LogP contribution is -2.11. The maximum absolute atomic E-state index is 13.3. The molecule has 4 rings (SSSR count). The molecule has 1 aliphatic carbocycles. The molecule has 1 nitrogen and oxygen atoms in total. The first-order valence-electron chi connectivity index (χ1n) is 7.30. The van der Waals surface area contributed by atoms with E-state index in [0.717, 1.165) is 35.1 Å². The lowest BCUT2D eigenvalue weighted by molar-refractivity contribution is 0.426. The van der Waals surface area contributed by atoms with Crippen LogP contribution in [0.3, 0.4) is 0 Å². The molecule has 2 aromatic rings. The van der Waals surface area contributed by atoms with Crippen LogP contribution in [0.15, 0.2) is 60.4 Å². The van der Waals surface area contributed by atoms with Crippen molar-refractivity contribution in [3.05, 3.63) is 82.3 Å². The van der Waals surface area contributed by atoms with Crippen LogP contribution in [0, 0.1) is 11.7 Å². The van der Waals surface area contributed by atoms with Crippen LogP contribution in [0.1, 0.15) is 24.0 Å². The number of hydrogen-bond acceptors (Lipinski definition) is 1. The van der Waals surface area contributed by atoms with E-state index in [-0.39, 0.29) is 5.82 Å². The number of allylic oxidation sites excluding steroid dienone is 1. The van der Waals surface area contributed by atoms with Crippen molar-refractivity contribution in [3.8, 4) is 5.75 Å². The second-order valence-corrected chi connectivity index (χ2v) is 6.17. The van der Waals surface area contributed by atoms with E-state index < -0.39 is 0 Å². The van der Waals surface area contributed by atoms with Gasteiger partial charge in [-0.1, -0.05) is 30.3 Å². The van der Waals surface area contributed by atoms with Crippen LogP contribution in [-0.4, -0.2) is 0 Å². The second-order valence-electron chi connectivity index (χ2n) is 5.74. The molecule has 0 amide bonds. The van der Waals surface area contributed by atoms with Gasteiger partial charge in [-0.05, 0) is 54.2 Å². The molecule has 1 saturated carbocycles. The third-order valence-electron chi connectivity index (χ3n) is 4.13. The van der Waals surface area contributed by atoms with Gasteiger partial charge in [-0.15, -0.1) is 0 Å². The van der Waals surface area contributed by atoms with Gasteiger partial charge in [0, 0.05) is 22.2 Å². The van der Waals surface area contributed by atoms with E-state index in [1.807, 2.05) is 24.3 Å². The fourth-order valence-electron chi connectivity index (χ4n) is 2.99. The molecule has 1 fully saturated rings. The Bertz CT molecular complexity index is 801. The number of fused-ring (bicyclic) bond motifs is 1. The molecule has 0 bridgehead atoms. The molecule has 0 aromatic heterocycles. The van der Waals surface area contributed by atoms with Gasteiger partial charge in [0.15, 0.2) is 0 Å². The number of rotatable bonds is 2. The molecule has 0 saturated heterocycles. The summed E-state index contributed by atoms with van der Waals surface area (Å²) in [5, 5.41) is 0.625. The molecule has 1 heterocycles. The van der Waals surface area contributed by atoms with Crippen molar-refractivity contribution in [3.63, 3.8) is 0 Å². The summed E-state index contributed by atoms with van der Waals surface area (Å²) in [6, 6.07) is 12.2.